The molecule has 1 aromatic heterocycles. The number of rotatable bonds is 2. The Morgan fingerprint density at radius 3 is 2.75 bits per heavy atom. The van der Waals surface area contributed by atoms with Gasteiger partial charge in [-0.05, 0) is 52.3 Å². The molecule has 0 fully saturated rings. The maximum Gasteiger partial charge on any atom is 0.258 e. The zero-order chi connectivity index (χ0) is 14.1. The minimum Gasteiger partial charge on any atom is -0.508 e. The van der Waals surface area contributed by atoms with Crippen LogP contribution in [0.4, 0.5) is 4.39 Å². The van der Waals surface area contributed by atoms with E-state index in [4.69, 9.17) is 4.52 Å². The Morgan fingerprint density at radius 1 is 1.15 bits per heavy atom. The smallest absolute Gasteiger partial charge is 0.258 e. The Morgan fingerprint density at radius 2 is 2.00 bits per heavy atom. The summed E-state index contributed by atoms with van der Waals surface area (Å²) in [6, 6.07) is 10.7. The van der Waals surface area contributed by atoms with Crippen molar-refractivity contribution in [2.24, 2.45) is 0 Å². The monoisotopic (exact) mass is 334 g/mol. The number of benzene rings is 2. The molecule has 0 amide bonds. The minimum absolute atomic E-state index is 0.116. The van der Waals surface area contributed by atoms with Crippen molar-refractivity contribution in [3.63, 3.8) is 0 Å². The average Bonchev–Trinajstić information content (AvgIpc) is 2.88. The number of halogens is 2. The second-order valence-electron chi connectivity index (χ2n) is 4.10. The van der Waals surface area contributed by atoms with E-state index in [1.807, 2.05) is 0 Å². The molecule has 0 atom stereocenters. The average molecular weight is 335 g/mol. The lowest BCUT2D eigenvalue weighted by Gasteiger charge is -1.98. The van der Waals surface area contributed by atoms with Crippen molar-refractivity contribution in [1.29, 1.82) is 0 Å². The lowest BCUT2D eigenvalue weighted by atomic mass is 10.2. The molecule has 0 aliphatic carbocycles. The molecule has 0 spiro atoms. The van der Waals surface area contributed by atoms with Gasteiger partial charge in [-0.25, -0.2) is 4.39 Å². The number of phenols is 1. The summed E-state index contributed by atoms with van der Waals surface area (Å²) in [5, 5.41) is 13.3. The van der Waals surface area contributed by atoms with E-state index in [2.05, 4.69) is 26.1 Å². The lowest BCUT2D eigenvalue weighted by Crippen LogP contribution is -1.84. The van der Waals surface area contributed by atoms with Crippen LogP contribution in [0.25, 0.3) is 22.8 Å². The molecule has 0 bridgehead atoms. The Labute approximate surface area is 122 Å². The molecule has 0 unspecified atom stereocenters. The van der Waals surface area contributed by atoms with Crippen molar-refractivity contribution < 1.29 is 14.0 Å². The van der Waals surface area contributed by atoms with E-state index in [0.29, 0.717) is 21.4 Å². The maximum absolute atomic E-state index is 13.1. The number of aromatic nitrogens is 2. The summed E-state index contributed by atoms with van der Waals surface area (Å²) in [5.74, 6) is 0.393. The van der Waals surface area contributed by atoms with Crippen molar-refractivity contribution in [3.8, 4) is 28.6 Å². The first kappa shape index (κ1) is 12.8. The standard InChI is InChI=1S/C14H8BrFN2O2/c15-12-7-9(16)4-5-11(12)13-17-14(20-18-13)8-2-1-3-10(19)6-8/h1-7,19H. The van der Waals surface area contributed by atoms with Gasteiger partial charge in [-0.2, -0.15) is 4.98 Å². The first-order valence-electron chi connectivity index (χ1n) is 5.72. The molecule has 3 aromatic rings. The van der Waals surface area contributed by atoms with Gasteiger partial charge in [-0.1, -0.05) is 11.2 Å². The topological polar surface area (TPSA) is 59.2 Å². The van der Waals surface area contributed by atoms with E-state index < -0.39 is 0 Å². The molecule has 0 radical (unpaired) electrons. The van der Waals surface area contributed by atoms with Crippen molar-refractivity contribution in [2.75, 3.05) is 0 Å². The van der Waals surface area contributed by atoms with Gasteiger partial charge >= 0.3 is 0 Å². The number of hydrogen-bond acceptors (Lipinski definition) is 4. The highest BCUT2D eigenvalue weighted by Crippen LogP contribution is 2.29. The van der Waals surface area contributed by atoms with Crippen LogP contribution in [0.15, 0.2) is 51.5 Å². The van der Waals surface area contributed by atoms with Gasteiger partial charge in [0, 0.05) is 15.6 Å². The van der Waals surface area contributed by atoms with Gasteiger partial charge in [0.05, 0.1) is 0 Å². The number of aromatic hydroxyl groups is 1. The fourth-order valence-electron chi connectivity index (χ4n) is 1.76. The van der Waals surface area contributed by atoms with Crippen LogP contribution in [0, 0.1) is 5.82 Å². The van der Waals surface area contributed by atoms with E-state index in [9.17, 15) is 9.50 Å². The highest BCUT2D eigenvalue weighted by atomic mass is 79.9. The Bertz CT molecular complexity index is 773. The van der Waals surface area contributed by atoms with Gasteiger partial charge < -0.3 is 9.63 Å². The van der Waals surface area contributed by atoms with E-state index in [0.717, 1.165) is 0 Å². The van der Waals surface area contributed by atoms with E-state index in [1.165, 1.54) is 18.2 Å². The second-order valence-corrected chi connectivity index (χ2v) is 4.95. The second kappa shape index (κ2) is 5.05. The largest absolute Gasteiger partial charge is 0.508 e. The zero-order valence-electron chi connectivity index (χ0n) is 10.0. The molecule has 4 nitrogen and oxygen atoms in total. The van der Waals surface area contributed by atoms with Crippen molar-refractivity contribution in [3.05, 3.63) is 52.8 Å². The van der Waals surface area contributed by atoms with Crippen LogP contribution >= 0.6 is 15.9 Å². The van der Waals surface area contributed by atoms with Crippen LogP contribution in [0.3, 0.4) is 0 Å². The first-order chi connectivity index (χ1) is 9.63. The Kier molecular flexibility index (Phi) is 3.23. The van der Waals surface area contributed by atoms with E-state index in [-0.39, 0.29) is 17.5 Å². The number of nitrogens with zero attached hydrogens (tertiary/aromatic N) is 2. The highest BCUT2D eigenvalue weighted by molar-refractivity contribution is 9.10. The summed E-state index contributed by atoms with van der Waals surface area (Å²) in [4.78, 5) is 4.24. The third kappa shape index (κ3) is 2.42. The Hall–Kier alpha value is -2.21. The van der Waals surface area contributed by atoms with E-state index >= 15 is 0 Å². The van der Waals surface area contributed by atoms with Crippen LogP contribution in [-0.4, -0.2) is 15.2 Å². The molecule has 0 saturated carbocycles. The molecule has 3 rings (SSSR count). The van der Waals surface area contributed by atoms with E-state index in [1.54, 1.807) is 24.3 Å². The normalized spacial score (nSPS) is 10.7. The summed E-state index contributed by atoms with van der Waals surface area (Å²) in [7, 11) is 0. The van der Waals surface area contributed by atoms with Crippen molar-refractivity contribution in [2.45, 2.75) is 0 Å². The van der Waals surface area contributed by atoms with Gasteiger partial charge in [0.1, 0.15) is 11.6 Å². The van der Waals surface area contributed by atoms with Gasteiger partial charge in [0.25, 0.3) is 5.89 Å². The molecule has 0 aliphatic heterocycles. The van der Waals surface area contributed by atoms with Gasteiger partial charge in [0.2, 0.25) is 5.82 Å². The third-order valence-electron chi connectivity index (χ3n) is 2.69. The summed E-state index contributed by atoms with van der Waals surface area (Å²) in [6.07, 6.45) is 0. The van der Waals surface area contributed by atoms with Crippen LogP contribution in [0.1, 0.15) is 0 Å². The predicted octanol–water partition coefficient (Wildman–Crippen LogP) is 4.01. The quantitative estimate of drug-likeness (QED) is 0.769. The number of phenolic OH excluding ortho intramolecular Hbond substituents is 1. The fraction of sp³-hybridized carbons (Fsp3) is 0. The molecule has 1 heterocycles. The molecule has 2 aromatic carbocycles. The molecular formula is C14H8BrFN2O2. The lowest BCUT2D eigenvalue weighted by molar-refractivity contribution is 0.431. The SMILES string of the molecule is Oc1cccc(-c2nc(-c3ccc(F)cc3Br)no2)c1. The Balaban J connectivity index is 2.02. The van der Waals surface area contributed by atoms with Crippen LogP contribution < -0.4 is 0 Å². The summed E-state index contributed by atoms with van der Waals surface area (Å²) < 4.78 is 18.8. The van der Waals surface area contributed by atoms with Crippen LogP contribution in [-0.2, 0) is 0 Å². The first-order valence-corrected chi connectivity index (χ1v) is 6.51. The molecule has 0 aliphatic rings. The molecule has 0 saturated heterocycles. The zero-order valence-corrected chi connectivity index (χ0v) is 11.6. The summed E-state index contributed by atoms with van der Waals surface area (Å²) >= 11 is 3.26. The van der Waals surface area contributed by atoms with Crippen LogP contribution in [0.5, 0.6) is 5.75 Å². The number of hydrogen-bond donors (Lipinski definition) is 1. The molecule has 20 heavy (non-hydrogen) atoms. The predicted molar refractivity (Wildman–Crippen MR) is 74.5 cm³/mol. The molecule has 6 heteroatoms. The van der Waals surface area contributed by atoms with Gasteiger partial charge in [-0.15, -0.1) is 0 Å². The van der Waals surface area contributed by atoms with Crippen LogP contribution in [0.2, 0.25) is 0 Å². The molecule has 100 valence electrons. The molecule has 1 N–H and O–H groups in total. The van der Waals surface area contributed by atoms with Crippen molar-refractivity contribution in [1.82, 2.24) is 10.1 Å². The maximum atomic E-state index is 13.1. The summed E-state index contributed by atoms with van der Waals surface area (Å²) in [5.41, 5.74) is 1.24. The minimum atomic E-state index is -0.350. The van der Waals surface area contributed by atoms with Gasteiger partial charge in [0.15, 0.2) is 0 Å². The molecular weight excluding hydrogens is 327 g/mol. The summed E-state index contributed by atoms with van der Waals surface area (Å²) in [6.45, 7) is 0. The third-order valence-corrected chi connectivity index (χ3v) is 3.35. The highest BCUT2D eigenvalue weighted by Gasteiger charge is 2.13. The van der Waals surface area contributed by atoms with Crippen molar-refractivity contribution >= 4 is 15.9 Å². The fourth-order valence-corrected chi connectivity index (χ4v) is 2.29. The van der Waals surface area contributed by atoms with Gasteiger partial charge in [-0.3, -0.25) is 0 Å².